The van der Waals surface area contributed by atoms with Crippen molar-refractivity contribution in [3.8, 4) is 0 Å². The van der Waals surface area contributed by atoms with Crippen molar-refractivity contribution in [3.05, 3.63) is 48.6 Å². The van der Waals surface area contributed by atoms with Crippen molar-refractivity contribution in [2.45, 2.75) is 315 Å². The van der Waals surface area contributed by atoms with E-state index in [1.54, 1.807) is 0 Å². The number of amides is 1. The van der Waals surface area contributed by atoms with Gasteiger partial charge in [0.15, 0.2) is 0 Å². The van der Waals surface area contributed by atoms with Crippen molar-refractivity contribution in [1.29, 1.82) is 0 Å². The van der Waals surface area contributed by atoms with Gasteiger partial charge in [0.2, 0.25) is 5.91 Å². The number of ether oxygens (including phenoxy) is 1. The lowest BCUT2D eigenvalue weighted by atomic mass is 10.0. The highest BCUT2D eigenvalue weighted by molar-refractivity contribution is 7.47. The van der Waals surface area contributed by atoms with E-state index in [9.17, 15) is 19.0 Å². The van der Waals surface area contributed by atoms with E-state index in [-0.39, 0.29) is 31.5 Å². The number of carbonyl (C=O) groups is 2. The number of esters is 1. The number of likely N-dealkylation sites (N-methyl/N-ethyl adjacent to an activating group) is 1. The zero-order valence-electron chi connectivity index (χ0n) is 50.3. The third kappa shape index (κ3) is 56.5. The van der Waals surface area contributed by atoms with Crippen LogP contribution in [-0.2, 0) is 27.9 Å². The molecule has 9 nitrogen and oxygen atoms in total. The van der Waals surface area contributed by atoms with Gasteiger partial charge in [-0.1, -0.05) is 256 Å². The van der Waals surface area contributed by atoms with Gasteiger partial charge in [-0.3, -0.25) is 18.6 Å². The fraction of sp³-hybridized carbons (Fsp3) is 0.846. The fourth-order valence-corrected chi connectivity index (χ4v) is 9.98. The smallest absolute Gasteiger partial charge is 0.456 e. The molecule has 0 rings (SSSR count). The number of phosphoric acid groups is 1. The third-order valence-corrected chi connectivity index (χ3v) is 15.2. The molecule has 0 heterocycles. The summed E-state index contributed by atoms with van der Waals surface area (Å²) < 4.78 is 30.6. The van der Waals surface area contributed by atoms with Crippen LogP contribution in [0.1, 0.15) is 303 Å². The van der Waals surface area contributed by atoms with Crippen molar-refractivity contribution in [2.24, 2.45) is 0 Å². The van der Waals surface area contributed by atoms with Gasteiger partial charge in [0, 0.05) is 12.8 Å². The molecule has 0 bridgehead atoms. The number of allylic oxidation sites excluding steroid dienone is 7. The predicted octanol–water partition coefficient (Wildman–Crippen LogP) is 19.7. The lowest BCUT2D eigenvalue weighted by molar-refractivity contribution is -0.870. The average molecular weight is 1080 g/mol. The molecule has 2 N–H and O–H groups in total. The predicted molar refractivity (Wildman–Crippen MR) is 323 cm³/mol. The number of hydrogen-bond donors (Lipinski definition) is 2. The number of rotatable bonds is 58. The van der Waals surface area contributed by atoms with Gasteiger partial charge < -0.3 is 19.4 Å². The van der Waals surface area contributed by atoms with Crippen molar-refractivity contribution in [1.82, 2.24) is 5.32 Å². The number of hydrogen-bond acceptors (Lipinski definition) is 6. The molecule has 0 aromatic rings. The molecular weight excluding hydrogens is 952 g/mol. The Morgan fingerprint density at radius 2 is 0.827 bits per heavy atom. The Balaban J connectivity index is 4.93. The second-order valence-electron chi connectivity index (χ2n) is 22.9. The zero-order valence-corrected chi connectivity index (χ0v) is 51.2. The van der Waals surface area contributed by atoms with Crippen molar-refractivity contribution in [2.75, 3.05) is 40.9 Å². The molecule has 0 saturated heterocycles. The summed E-state index contributed by atoms with van der Waals surface area (Å²) in [6.45, 7) is 6.96. The number of quaternary nitrogens is 1. The van der Waals surface area contributed by atoms with Crippen LogP contribution in [0.3, 0.4) is 0 Å². The lowest BCUT2D eigenvalue weighted by Gasteiger charge is -2.27. The van der Waals surface area contributed by atoms with Crippen LogP contribution in [0.5, 0.6) is 0 Å². The van der Waals surface area contributed by atoms with Crippen LogP contribution >= 0.6 is 7.82 Å². The number of carbonyl (C=O) groups excluding carboxylic acids is 2. The highest BCUT2D eigenvalue weighted by atomic mass is 31.2. The summed E-state index contributed by atoms with van der Waals surface area (Å²) in [5.74, 6) is -0.508. The van der Waals surface area contributed by atoms with Gasteiger partial charge in [0.05, 0.1) is 33.8 Å². The van der Waals surface area contributed by atoms with Crippen molar-refractivity contribution in [3.63, 3.8) is 0 Å². The van der Waals surface area contributed by atoms with Gasteiger partial charge in [0.1, 0.15) is 19.3 Å². The summed E-state index contributed by atoms with van der Waals surface area (Å²) in [6.07, 6.45) is 68.4. The van der Waals surface area contributed by atoms with E-state index in [2.05, 4.69) is 62.5 Å². The summed E-state index contributed by atoms with van der Waals surface area (Å²) in [4.78, 5) is 37.6. The Kier molecular flexibility index (Phi) is 53.8. The molecule has 440 valence electrons. The highest BCUT2D eigenvalue weighted by Crippen LogP contribution is 2.43. The van der Waals surface area contributed by atoms with Crippen molar-refractivity contribution >= 4 is 19.7 Å². The minimum Gasteiger partial charge on any atom is -0.456 e. The highest BCUT2D eigenvalue weighted by Gasteiger charge is 2.30. The molecule has 0 aliphatic rings. The molecule has 0 aromatic heterocycles. The molecule has 10 heteroatoms. The molecule has 3 atom stereocenters. The monoisotopic (exact) mass is 1080 g/mol. The standard InChI is InChI=1S/C65H123N2O7P/c1-7-10-13-16-19-22-25-26-27-28-29-30-31-32-33-34-35-36-37-38-39-40-43-45-48-51-54-57-64(68)66-62(61-73-75(70,71)72-60-59-67(4,5)6)63(56-53-50-47-44-41-23-20-17-14-11-8-2)74-65(69)58-55-52-49-46-42-24-21-18-15-12-9-3/h18-19,21-22,26-27,53,56,62-63H,7-17,20,23-25,28-52,54-55,57-61H2,1-6H3,(H-,66,68,70,71)/p+1/b21-18-,22-19-,27-26-,56-53-. The number of phosphoric ester groups is 1. The van der Waals surface area contributed by atoms with E-state index in [0.717, 1.165) is 89.9 Å². The van der Waals surface area contributed by atoms with E-state index in [1.807, 2.05) is 33.3 Å². The van der Waals surface area contributed by atoms with E-state index in [0.29, 0.717) is 17.4 Å². The maximum absolute atomic E-state index is 13.5. The molecular formula is C65H124N2O7P+. The quantitative estimate of drug-likeness (QED) is 0.0205. The second kappa shape index (κ2) is 55.3. The van der Waals surface area contributed by atoms with Crippen LogP contribution in [-0.4, -0.2) is 74.3 Å². The minimum absolute atomic E-state index is 0.0401. The molecule has 3 unspecified atom stereocenters. The number of nitrogens with one attached hydrogen (secondary N) is 1. The first-order valence-corrected chi connectivity index (χ1v) is 33.5. The second-order valence-corrected chi connectivity index (χ2v) is 24.4. The third-order valence-electron chi connectivity index (χ3n) is 14.2. The van der Waals surface area contributed by atoms with Gasteiger partial charge >= 0.3 is 13.8 Å². The lowest BCUT2D eigenvalue weighted by Crippen LogP contribution is -2.47. The van der Waals surface area contributed by atoms with E-state index in [4.69, 9.17) is 13.8 Å². The van der Waals surface area contributed by atoms with Crippen LogP contribution in [0.15, 0.2) is 48.6 Å². The molecule has 0 aromatic carbocycles. The first-order valence-electron chi connectivity index (χ1n) is 32.0. The van der Waals surface area contributed by atoms with Gasteiger partial charge in [-0.25, -0.2) is 4.57 Å². The van der Waals surface area contributed by atoms with Gasteiger partial charge in [-0.15, -0.1) is 0 Å². The van der Waals surface area contributed by atoms with E-state index in [1.165, 1.54) is 180 Å². The van der Waals surface area contributed by atoms with Gasteiger partial charge in [-0.05, 0) is 83.1 Å². The summed E-state index contributed by atoms with van der Waals surface area (Å²) >= 11 is 0. The molecule has 0 fully saturated rings. The normalized spacial score (nSPS) is 14.0. The van der Waals surface area contributed by atoms with Crippen LogP contribution in [0.4, 0.5) is 0 Å². The maximum Gasteiger partial charge on any atom is 0.472 e. The van der Waals surface area contributed by atoms with Gasteiger partial charge in [-0.2, -0.15) is 0 Å². The largest absolute Gasteiger partial charge is 0.472 e. The molecule has 75 heavy (non-hydrogen) atoms. The van der Waals surface area contributed by atoms with Crippen molar-refractivity contribution < 1.29 is 37.3 Å². The maximum atomic E-state index is 13.5. The van der Waals surface area contributed by atoms with Gasteiger partial charge in [0.25, 0.3) is 0 Å². The Bertz CT molecular complexity index is 1420. The van der Waals surface area contributed by atoms with E-state index < -0.39 is 20.0 Å². The molecule has 0 saturated carbocycles. The van der Waals surface area contributed by atoms with Crippen LogP contribution in [0.2, 0.25) is 0 Å². The average Bonchev–Trinajstić information content (AvgIpc) is 3.37. The summed E-state index contributed by atoms with van der Waals surface area (Å²) in [5.41, 5.74) is 0. The zero-order chi connectivity index (χ0) is 55.0. The van der Waals surface area contributed by atoms with Crippen LogP contribution in [0, 0.1) is 0 Å². The summed E-state index contributed by atoms with van der Waals surface area (Å²) in [7, 11) is 1.50. The number of nitrogens with zero attached hydrogens (tertiary/aromatic N) is 1. The Hall–Kier alpha value is -2.03. The summed E-state index contributed by atoms with van der Waals surface area (Å²) in [5, 5.41) is 3.05. The first-order chi connectivity index (χ1) is 36.4. The first kappa shape index (κ1) is 73.0. The SMILES string of the molecule is CCCC/C=C\CCCCCCCC(=O)OC(/C=C\CCCCCCCCCCC)C(COP(=O)(O)OCC[N+](C)(C)C)NC(=O)CCCCCCCCCCCCCCCCCCC/C=C\C/C=C\CCCCC. The Morgan fingerprint density at radius 3 is 1.28 bits per heavy atom. The van der Waals surface area contributed by atoms with E-state index >= 15 is 0 Å². The van der Waals surface area contributed by atoms with Crippen LogP contribution < -0.4 is 5.32 Å². The summed E-state index contributed by atoms with van der Waals surface area (Å²) in [6, 6.07) is -0.848. The molecule has 0 aliphatic heterocycles. The molecule has 0 aliphatic carbocycles. The minimum atomic E-state index is -4.44. The van der Waals surface area contributed by atoms with Crippen LogP contribution in [0.25, 0.3) is 0 Å². The molecule has 0 radical (unpaired) electrons. The molecule has 1 amide bonds. The Morgan fingerprint density at radius 1 is 0.467 bits per heavy atom. The topological polar surface area (TPSA) is 111 Å². The Labute approximate surface area is 465 Å². The fourth-order valence-electron chi connectivity index (χ4n) is 9.25. The number of unbranched alkanes of at least 4 members (excludes halogenated alkanes) is 36. The molecule has 0 spiro atoms.